The van der Waals surface area contributed by atoms with Gasteiger partial charge in [-0.15, -0.1) is 0 Å². The van der Waals surface area contributed by atoms with Crippen LogP contribution in [-0.2, 0) is 6.42 Å². The van der Waals surface area contributed by atoms with Gasteiger partial charge in [-0.3, -0.25) is 4.79 Å². The number of ether oxygens (including phenoxy) is 1. The third-order valence-electron chi connectivity index (χ3n) is 3.11. The predicted octanol–water partition coefficient (Wildman–Crippen LogP) is 3.98. The van der Waals surface area contributed by atoms with E-state index in [1.807, 2.05) is 51.1 Å². The molecule has 0 atom stereocenters. The topological polar surface area (TPSA) is 55.4 Å². The van der Waals surface area contributed by atoms with Gasteiger partial charge in [0.1, 0.15) is 12.0 Å². The minimum Gasteiger partial charge on any atom is -0.410 e. The maximum absolute atomic E-state index is 11.8. The van der Waals surface area contributed by atoms with Gasteiger partial charge in [-0.2, -0.15) is 0 Å². The zero-order valence-corrected chi connectivity index (χ0v) is 13.6. The zero-order chi connectivity index (χ0) is 16.9. The number of carbonyl (C=O) groups excluding carboxylic acids is 2. The molecule has 0 radical (unpaired) electrons. The second kappa shape index (κ2) is 7.09. The van der Waals surface area contributed by atoms with Crippen LogP contribution in [0.3, 0.4) is 0 Å². The Morgan fingerprint density at radius 2 is 1.78 bits per heavy atom. The van der Waals surface area contributed by atoms with E-state index >= 15 is 0 Å². The Balaban J connectivity index is 2.04. The largest absolute Gasteiger partial charge is 0.413 e. The van der Waals surface area contributed by atoms with Crippen molar-refractivity contribution in [3.63, 3.8) is 0 Å². The van der Waals surface area contributed by atoms with E-state index < -0.39 is 6.09 Å². The summed E-state index contributed by atoms with van der Waals surface area (Å²) in [5.41, 5.74) is 2.44. The highest BCUT2D eigenvalue weighted by Gasteiger charge is 2.15. The molecule has 0 bridgehead atoms. The van der Waals surface area contributed by atoms with Crippen LogP contribution in [0, 0.1) is 0 Å². The minimum atomic E-state index is -0.468. The third kappa shape index (κ3) is 5.58. The average Bonchev–Trinajstić information content (AvgIpc) is 2.46. The molecule has 4 heteroatoms. The summed E-state index contributed by atoms with van der Waals surface area (Å²) in [6.07, 6.45) is 1.06. The highest BCUT2D eigenvalue weighted by Crippen LogP contribution is 2.17. The quantitative estimate of drug-likeness (QED) is 0.869. The molecule has 0 aliphatic rings. The molecule has 0 aliphatic carbocycles. The maximum atomic E-state index is 11.8. The summed E-state index contributed by atoms with van der Waals surface area (Å²) in [6.45, 7) is 5.69. The van der Waals surface area contributed by atoms with Crippen molar-refractivity contribution in [2.24, 2.45) is 0 Å². The molecule has 2 rings (SSSR count). The van der Waals surface area contributed by atoms with E-state index in [0.717, 1.165) is 17.4 Å². The van der Waals surface area contributed by atoms with Crippen molar-refractivity contribution in [1.29, 1.82) is 0 Å². The summed E-state index contributed by atoms with van der Waals surface area (Å²) in [6, 6.07) is 14.8. The SMILES string of the molecule is CC(C)(C)NC(=O)Oc1cccc(Cc2ccc(C=O)cc2)c1. The summed E-state index contributed by atoms with van der Waals surface area (Å²) in [7, 11) is 0. The van der Waals surface area contributed by atoms with E-state index in [9.17, 15) is 9.59 Å². The fraction of sp³-hybridized carbons (Fsp3) is 0.263. The van der Waals surface area contributed by atoms with Gasteiger partial charge in [0.05, 0.1) is 0 Å². The van der Waals surface area contributed by atoms with Gasteiger partial charge in [-0.05, 0) is 50.5 Å². The fourth-order valence-electron chi connectivity index (χ4n) is 2.11. The molecule has 2 aromatic carbocycles. The van der Waals surface area contributed by atoms with Crippen LogP contribution in [0.2, 0.25) is 0 Å². The molecule has 1 N–H and O–H groups in total. The number of carbonyl (C=O) groups is 2. The van der Waals surface area contributed by atoms with E-state index in [4.69, 9.17) is 4.74 Å². The lowest BCUT2D eigenvalue weighted by molar-refractivity contribution is 0.112. The second-order valence-corrected chi connectivity index (χ2v) is 6.45. The summed E-state index contributed by atoms with van der Waals surface area (Å²) in [5, 5.41) is 2.76. The highest BCUT2D eigenvalue weighted by atomic mass is 16.6. The second-order valence-electron chi connectivity index (χ2n) is 6.45. The molecule has 0 saturated carbocycles. The smallest absolute Gasteiger partial charge is 0.410 e. The molecule has 0 spiro atoms. The standard InChI is InChI=1S/C19H21NO3/c1-19(2,3)20-18(22)23-17-6-4-5-16(12-17)11-14-7-9-15(13-21)10-8-14/h4-10,12-13H,11H2,1-3H3,(H,20,22). The van der Waals surface area contributed by atoms with Crippen molar-refractivity contribution >= 4 is 12.4 Å². The van der Waals surface area contributed by atoms with E-state index in [-0.39, 0.29) is 5.54 Å². The van der Waals surface area contributed by atoms with E-state index in [0.29, 0.717) is 17.7 Å². The minimum absolute atomic E-state index is 0.338. The van der Waals surface area contributed by atoms with Crippen molar-refractivity contribution < 1.29 is 14.3 Å². The molecule has 2 aromatic rings. The molecular formula is C19H21NO3. The number of amides is 1. The van der Waals surface area contributed by atoms with Crippen LogP contribution in [0.25, 0.3) is 0 Å². The Morgan fingerprint density at radius 1 is 1.09 bits per heavy atom. The van der Waals surface area contributed by atoms with Crippen molar-refractivity contribution in [2.75, 3.05) is 0 Å². The zero-order valence-electron chi connectivity index (χ0n) is 13.6. The first-order chi connectivity index (χ1) is 10.9. The number of nitrogens with one attached hydrogen (secondary N) is 1. The van der Waals surface area contributed by atoms with Crippen LogP contribution in [0.5, 0.6) is 5.75 Å². The summed E-state index contributed by atoms with van der Waals surface area (Å²) >= 11 is 0. The lowest BCUT2D eigenvalue weighted by Gasteiger charge is -2.19. The molecule has 120 valence electrons. The van der Waals surface area contributed by atoms with E-state index in [2.05, 4.69) is 5.32 Å². The van der Waals surface area contributed by atoms with Crippen molar-refractivity contribution in [3.8, 4) is 5.75 Å². The lowest BCUT2D eigenvalue weighted by Crippen LogP contribution is -2.42. The first-order valence-electron chi connectivity index (χ1n) is 7.49. The van der Waals surface area contributed by atoms with Gasteiger partial charge in [-0.1, -0.05) is 36.4 Å². The normalized spacial score (nSPS) is 10.9. The van der Waals surface area contributed by atoms with Gasteiger partial charge >= 0.3 is 6.09 Å². The van der Waals surface area contributed by atoms with Crippen molar-refractivity contribution in [3.05, 3.63) is 65.2 Å². The first kappa shape index (κ1) is 16.7. The molecule has 1 amide bonds. The fourth-order valence-corrected chi connectivity index (χ4v) is 2.11. The average molecular weight is 311 g/mol. The molecule has 0 aliphatic heterocycles. The highest BCUT2D eigenvalue weighted by molar-refractivity contribution is 5.74. The molecule has 0 unspecified atom stereocenters. The summed E-state index contributed by atoms with van der Waals surface area (Å²) in [4.78, 5) is 22.5. The Kier molecular flexibility index (Phi) is 5.16. The monoisotopic (exact) mass is 311 g/mol. The first-order valence-corrected chi connectivity index (χ1v) is 7.49. The van der Waals surface area contributed by atoms with Gasteiger partial charge < -0.3 is 10.1 Å². The number of benzene rings is 2. The van der Waals surface area contributed by atoms with Crippen LogP contribution in [0.4, 0.5) is 4.79 Å². The van der Waals surface area contributed by atoms with Crippen LogP contribution in [0.1, 0.15) is 42.3 Å². The van der Waals surface area contributed by atoms with E-state index in [1.165, 1.54) is 0 Å². The van der Waals surface area contributed by atoms with Gasteiger partial charge in [-0.25, -0.2) is 4.79 Å². The number of hydrogen-bond donors (Lipinski definition) is 1. The van der Waals surface area contributed by atoms with Crippen LogP contribution < -0.4 is 10.1 Å². The molecular weight excluding hydrogens is 290 g/mol. The molecule has 0 heterocycles. The third-order valence-corrected chi connectivity index (χ3v) is 3.11. The Labute approximate surface area is 136 Å². The number of hydrogen-bond acceptors (Lipinski definition) is 3. The molecule has 4 nitrogen and oxygen atoms in total. The van der Waals surface area contributed by atoms with Crippen LogP contribution in [-0.4, -0.2) is 17.9 Å². The van der Waals surface area contributed by atoms with Crippen molar-refractivity contribution in [2.45, 2.75) is 32.7 Å². The molecule has 0 fully saturated rings. The summed E-state index contributed by atoms with van der Waals surface area (Å²) in [5.74, 6) is 0.508. The Bertz CT molecular complexity index is 685. The molecule has 0 aromatic heterocycles. The Morgan fingerprint density at radius 3 is 2.39 bits per heavy atom. The van der Waals surface area contributed by atoms with Gasteiger partial charge in [0.25, 0.3) is 0 Å². The molecule has 0 saturated heterocycles. The Hall–Kier alpha value is -2.62. The van der Waals surface area contributed by atoms with Crippen molar-refractivity contribution in [1.82, 2.24) is 5.32 Å². The molecule has 23 heavy (non-hydrogen) atoms. The van der Waals surface area contributed by atoms with E-state index in [1.54, 1.807) is 18.2 Å². The van der Waals surface area contributed by atoms with Gasteiger partial charge in [0.2, 0.25) is 0 Å². The van der Waals surface area contributed by atoms with Gasteiger partial charge in [0, 0.05) is 11.1 Å². The van der Waals surface area contributed by atoms with Gasteiger partial charge in [0.15, 0.2) is 0 Å². The number of rotatable bonds is 4. The lowest BCUT2D eigenvalue weighted by atomic mass is 10.0. The predicted molar refractivity (Wildman–Crippen MR) is 90.0 cm³/mol. The number of aldehydes is 1. The van der Waals surface area contributed by atoms with Crippen LogP contribution in [0.15, 0.2) is 48.5 Å². The van der Waals surface area contributed by atoms with Crippen LogP contribution >= 0.6 is 0 Å². The maximum Gasteiger partial charge on any atom is 0.413 e. The summed E-state index contributed by atoms with van der Waals surface area (Å²) < 4.78 is 5.31.